The Hall–Kier alpha value is -0.860. The van der Waals surface area contributed by atoms with Gasteiger partial charge in [0.15, 0.2) is 0 Å². The van der Waals surface area contributed by atoms with Gasteiger partial charge in [0.1, 0.15) is 5.82 Å². The van der Waals surface area contributed by atoms with E-state index < -0.39 is 0 Å². The lowest BCUT2D eigenvalue weighted by Gasteiger charge is -2.15. The Kier molecular flexibility index (Phi) is 4.64. The van der Waals surface area contributed by atoms with Gasteiger partial charge in [0.05, 0.1) is 0 Å². The summed E-state index contributed by atoms with van der Waals surface area (Å²) in [6.07, 6.45) is 0.578. The molecule has 3 heteroatoms. The minimum absolute atomic E-state index is 0.0104. The van der Waals surface area contributed by atoms with Crippen LogP contribution in [0.3, 0.4) is 0 Å². The first kappa shape index (κ1) is 14.5. The lowest BCUT2D eigenvalue weighted by Crippen LogP contribution is -2.00. The Labute approximate surface area is 126 Å². The number of rotatable bonds is 3. The van der Waals surface area contributed by atoms with Gasteiger partial charge in [0.25, 0.3) is 0 Å². The van der Waals surface area contributed by atoms with Gasteiger partial charge in [0.2, 0.25) is 0 Å². The number of halogens is 3. The molecule has 0 radical (unpaired) electrons. The summed E-state index contributed by atoms with van der Waals surface area (Å²) in [5, 5.41) is 0.723. The molecule has 0 heterocycles. The van der Waals surface area contributed by atoms with Crippen LogP contribution in [0.5, 0.6) is 0 Å². The molecule has 1 atom stereocenters. The van der Waals surface area contributed by atoms with Crippen LogP contribution in [0.25, 0.3) is 0 Å². The molecule has 0 saturated heterocycles. The van der Waals surface area contributed by atoms with E-state index in [1.54, 1.807) is 12.1 Å². The Morgan fingerprint density at radius 1 is 1.16 bits per heavy atom. The van der Waals surface area contributed by atoms with Gasteiger partial charge in [-0.2, -0.15) is 0 Å². The monoisotopic (exact) mass is 340 g/mol. The van der Waals surface area contributed by atoms with Crippen molar-refractivity contribution < 1.29 is 4.39 Å². The van der Waals surface area contributed by atoms with E-state index in [2.05, 4.69) is 28.9 Å². The molecule has 0 aliphatic rings. The number of alkyl halides is 1. The molecule has 0 nitrogen and oxygen atoms in total. The summed E-state index contributed by atoms with van der Waals surface area (Å²) in [5.74, 6) is -0.174. The van der Waals surface area contributed by atoms with Gasteiger partial charge in [-0.05, 0) is 54.7 Å². The minimum Gasteiger partial charge on any atom is -0.207 e. The SMILES string of the molecule is Cc1cc(Cl)c(C(Br)Cc2ccccc2F)cc1C. The van der Waals surface area contributed by atoms with Crippen molar-refractivity contribution in [3.8, 4) is 0 Å². The lowest BCUT2D eigenvalue weighted by molar-refractivity contribution is 0.608. The van der Waals surface area contributed by atoms with E-state index in [0.717, 1.165) is 10.6 Å². The fourth-order valence-corrected chi connectivity index (χ4v) is 3.22. The molecule has 0 aromatic heterocycles. The van der Waals surface area contributed by atoms with Crippen molar-refractivity contribution in [2.24, 2.45) is 0 Å². The van der Waals surface area contributed by atoms with Crippen LogP contribution in [-0.2, 0) is 6.42 Å². The summed E-state index contributed by atoms with van der Waals surface area (Å²) in [7, 11) is 0. The van der Waals surface area contributed by atoms with Crippen LogP contribution in [0.4, 0.5) is 4.39 Å². The standard InChI is InChI=1S/C16H15BrClF/c1-10-7-13(15(18)8-11(10)2)14(17)9-12-5-3-4-6-16(12)19/h3-8,14H,9H2,1-2H3. The predicted octanol–water partition coefficient (Wildman–Crippen LogP) is 5.77. The highest BCUT2D eigenvalue weighted by atomic mass is 79.9. The van der Waals surface area contributed by atoms with Crippen LogP contribution in [0.2, 0.25) is 5.02 Å². The third-order valence-corrected chi connectivity index (χ3v) is 4.45. The Balaban J connectivity index is 2.28. The lowest BCUT2D eigenvalue weighted by atomic mass is 10.00. The van der Waals surface area contributed by atoms with Gasteiger partial charge in [-0.3, -0.25) is 0 Å². The van der Waals surface area contributed by atoms with Crippen molar-refractivity contribution in [3.05, 3.63) is 69.5 Å². The Morgan fingerprint density at radius 2 is 1.79 bits per heavy atom. The maximum Gasteiger partial charge on any atom is 0.126 e. The van der Waals surface area contributed by atoms with Crippen molar-refractivity contribution >= 4 is 27.5 Å². The summed E-state index contributed by atoms with van der Waals surface area (Å²) in [5.41, 5.74) is 4.06. The van der Waals surface area contributed by atoms with Gasteiger partial charge in [-0.1, -0.05) is 51.8 Å². The molecule has 0 N–H and O–H groups in total. The molecule has 19 heavy (non-hydrogen) atoms. The van der Waals surface area contributed by atoms with Crippen LogP contribution in [0.1, 0.15) is 27.1 Å². The molecule has 100 valence electrons. The van der Waals surface area contributed by atoms with E-state index in [1.165, 1.54) is 17.2 Å². The normalized spacial score (nSPS) is 12.5. The van der Waals surface area contributed by atoms with Gasteiger partial charge < -0.3 is 0 Å². The second-order valence-electron chi connectivity index (χ2n) is 4.72. The van der Waals surface area contributed by atoms with Gasteiger partial charge in [-0.15, -0.1) is 0 Å². The molecule has 0 spiro atoms. The largest absolute Gasteiger partial charge is 0.207 e. The van der Waals surface area contributed by atoms with Crippen molar-refractivity contribution in [2.75, 3.05) is 0 Å². The zero-order valence-electron chi connectivity index (χ0n) is 10.9. The molecule has 0 amide bonds. The zero-order valence-corrected chi connectivity index (χ0v) is 13.2. The maximum atomic E-state index is 13.7. The van der Waals surface area contributed by atoms with Crippen molar-refractivity contribution in [1.29, 1.82) is 0 Å². The Morgan fingerprint density at radius 3 is 2.47 bits per heavy atom. The smallest absolute Gasteiger partial charge is 0.126 e. The minimum atomic E-state index is -0.174. The first-order chi connectivity index (χ1) is 8.99. The zero-order chi connectivity index (χ0) is 14.0. The highest BCUT2D eigenvalue weighted by Crippen LogP contribution is 2.34. The van der Waals surface area contributed by atoms with Crippen LogP contribution in [0, 0.1) is 19.7 Å². The average Bonchev–Trinajstić information content (AvgIpc) is 2.36. The molecule has 1 unspecified atom stereocenters. The quantitative estimate of drug-likeness (QED) is 0.621. The second kappa shape index (κ2) is 6.06. The van der Waals surface area contributed by atoms with E-state index in [-0.39, 0.29) is 10.6 Å². The van der Waals surface area contributed by atoms with E-state index in [4.69, 9.17) is 11.6 Å². The fraction of sp³-hybridized carbons (Fsp3) is 0.250. The number of benzene rings is 2. The third kappa shape index (κ3) is 3.37. The van der Waals surface area contributed by atoms with Crippen LogP contribution >= 0.6 is 27.5 Å². The Bertz CT molecular complexity index is 595. The van der Waals surface area contributed by atoms with Gasteiger partial charge >= 0.3 is 0 Å². The van der Waals surface area contributed by atoms with Gasteiger partial charge in [0, 0.05) is 9.85 Å². The third-order valence-electron chi connectivity index (χ3n) is 3.31. The second-order valence-corrected chi connectivity index (χ2v) is 6.23. The van der Waals surface area contributed by atoms with E-state index in [9.17, 15) is 4.39 Å². The summed E-state index contributed by atoms with van der Waals surface area (Å²) in [6, 6.07) is 10.9. The molecule has 0 aliphatic heterocycles. The van der Waals surface area contributed by atoms with Crippen molar-refractivity contribution in [1.82, 2.24) is 0 Å². The summed E-state index contributed by atoms with van der Waals surface area (Å²) in [6.45, 7) is 4.09. The van der Waals surface area contributed by atoms with E-state index in [0.29, 0.717) is 12.0 Å². The molecule has 2 aromatic carbocycles. The summed E-state index contributed by atoms with van der Waals surface area (Å²) < 4.78 is 13.7. The van der Waals surface area contributed by atoms with Crippen LogP contribution in [-0.4, -0.2) is 0 Å². The molecule has 2 aromatic rings. The van der Waals surface area contributed by atoms with Crippen molar-refractivity contribution in [3.63, 3.8) is 0 Å². The van der Waals surface area contributed by atoms with Crippen LogP contribution in [0.15, 0.2) is 36.4 Å². The predicted molar refractivity (Wildman–Crippen MR) is 82.7 cm³/mol. The summed E-state index contributed by atoms with van der Waals surface area (Å²) >= 11 is 9.89. The molecule has 0 fully saturated rings. The molecular formula is C16H15BrClF. The molecular weight excluding hydrogens is 327 g/mol. The highest BCUT2D eigenvalue weighted by molar-refractivity contribution is 9.09. The first-order valence-corrected chi connectivity index (χ1v) is 7.42. The first-order valence-electron chi connectivity index (χ1n) is 6.13. The van der Waals surface area contributed by atoms with Gasteiger partial charge in [-0.25, -0.2) is 4.39 Å². The fourth-order valence-electron chi connectivity index (χ4n) is 2.01. The highest BCUT2D eigenvalue weighted by Gasteiger charge is 2.15. The average molecular weight is 342 g/mol. The molecule has 0 aliphatic carbocycles. The molecule has 0 saturated carbocycles. The van der Waals surface area contributed by atoms with Crippen molar-refractivity contribution in [2.45, 2.75) is 25.1 Å². The van der Waals surface area contributed by atoms with E-state index >= 15 is 0 Å². The van der Waals surface area contributed by atoms with Crippen LogP contribution < -0.4 is 0 Å². The maximum absolute atomic E-state index is 13.7. The molecule has 0 bridgehead atoms. The van der Waals surface area contributed by atoms with E-state index in [1.807, 2.05) is 19.1 Å². The molecule has 2 rings (SSSR count). The number of aryl methyl sites for hydroxylation is 2. The topological polar surface area (TPSA) is 0 Å². The summed E-state index contributed by atoms with van der Waals surface area (Å²) in [4.78, 5) is 0.0104. The number of hydrogen-bond acceptors (Lipinski definition) is 0. The number of hydrogen-bond donors (Lipinski definition) is 0.